The third-order valence-electron chi connectivity index (χ3n) is 7.51. The van der Waals surface area contributed by atoms with E-state index >= 15 is 0 Å². The van der Waals surface area contributed by atoms with E-state index in [4.69, 9.17) is 18.5 Å². The number of unbranched alkanes of at least 4 members (excludes halogenated alkanes) is 15. The molecule has 0 aliphatic heterocycles. The van der Waals surface area contributed by atoms with Crippen LogP contribution in [-0.2, 0) is 27.9 Å². The largest absolute Gasteiger partial charge is 0.756 e. The molecule has 0 aromatic heterocycles. The van der Waals surface area contributed by atoms with Crippen molar-refractivity contribution >= 4 is 13.8 Å². The summed E-state index contributed by atoms with van der Waals surface area (Å²) in [5, 5.41) is 0. The number of carbonyl (C=O) groups excluding carboxylic acids is 1. The van der Waals surface area contributed by atoms with E-state index in [-0.39, 0.29) is 25.8 Å². The summed E-state index contributed by atoms with van der Waals surface area (Å²) in [4.78, 5) is 24.4. The van der Waals surface area contributed by atoms with Gasteiger partial charge in [-0.1, -0.05) is 115 Å². The summed E-state index contributed by atoms with van der Waals surface area (Å²) in [7, 11) is 1.35. The van der Waals surface area contributed by atoms with Crippen molar-refractivity contribution in [3.63, 3.8) is 0 Å². The van der Waals surface area contributed by atoms with Crippen molar-refractivity contribution in [2.45, 2.75) is 148 Å². The van der Waals surface area contributed by atoms with E-state index in [2.05, 4.69) is 38.2 Å². The van der Waals surface area contributed by atoms with Crippen molar-refractivity contribution in [2.75, 3.05) is 54.1 Å². The zero-order valence-corrected chi connectivity index (χ0v) is 30.7. The van der Waals surface area contributed by atoms with Gasteiger partial charge in [-0.2, -0.15) is 0 Å². The summed E-state index contributed by atoms with van der Waals surface area (Å²) < 4.78 is 34.0. The Morgan fingerprint density at radius 1 is 0.689 bits per heavy atom. The molecule has 0 heterocycles. The molecule has 0 amide bonds. The third-order valence-corrected chi connectivity index (χ3v) is 8.47. The van der Waals surface area contributed by atoms with Gasteiger partial charge in [0.25, 0.3) is 7.82 Å². The molecule has 2 atom stereocenters. The predicted octanol–water partition coefficient (Wildman–Crippen LogP) is 9.08. The zero-order chi connectivity index (χ0) is 33.5. The van der Waals surface area contributed by atoms with Crippen LogP contribution >= 0.6 is 7.82 Å². The van der Waals surface area contributed by atoms with Crippen LogP contribution in [0.15, 0.2) is 24.3 Å². The lowest BCUT2D eigenvalue weighted by molar-refractivity contribution is -0.870. The minimum absolute atomic E-state index is 0.0256. The molecular formula is C36H70NO7P. The number of allylic oxidation sites excluding steroid dienone is 4. The maximum absolute atomic E-state index is 12.2. The highest BCUT2D eigenvalue weighted by Gasteiger charge is 2.20. The first-order valence-electron chi connectivity index (χ1n) is 18.1. The number of hydrogen-bond donors (Lipinski definition) is 0. The molecule has 2 unspecified atom stereocenters. The average Bonchev–Trinajstić information content (AvgIpc) is 2.97. The highest BCUT2D eigenvalue weighted by molar-refractivity contribution is 7.45. The van der Waals surface area contributed by atoms with Crippen molar-refractivity contribution in [2.24, 2.45) is 0 Å². The normalized spacial score (nSPS) is 14.4. The molecule has 0 bridgehead atoms. The fourth-order valence-electron chi connectivity index (χ4n) is 4.63. The summed E-state index contributed by atoms with van der Waals surface area (Å²) in [5.74, 6) is -0.361. The van der Waals surface area contributed by atoms with E-state index in [0.717, 1.165) is 38.5 Å². The van der Waals surface area contributed by atoms with Crippen LogP contribution in [0.25, 0.3) is 0 Å². The predicted molar refractivity (Wildman–Crippen MR) is 185 cm³/mol. The van der Waals surface area contributed by atoms with Crippen LogP contribution in [-0.4, -0.2) is 70.7 Å². The highest BCUT2D eigenvalue weighted by atomic mass is 31.2. The van der Waals surface area contributed by atoms with Gasteiger partial charge in [-0.25, -0.2) is 0 Å². The Kier molecular flexibility index (Phi) is 29.6. The first-order valence-corrected chi connectivity index (χ1v) is 19.5. The molecule has 0 aliphatic rings. The number of carbonyl (C=O) groups is 1. The van der Waals surface area contributed by atoms with Gasteiger partial charge < -0.3 is 27.9 Å². The van der Waals surface area contributed by atoms with E-state index in [1.54, 1.807) is 0 Å². The molecule has 8 nitrogen and oxygen atoms in total. The Morgan fingerprint density at radius 2 is 1.22 bits per heavy atom. The fourth-order valence-corrected chi connectivity index (χ4v) is 5.36. The number of rotatable bonds is 33. The van der Waals surface area contributed by atoms with E-state index in [0.29, 0.717) is 24.1 Å². The molecule has 0 rings (SSSR count). The SMILES string of the molecule is CCCCC/C=C\C/C=C\CCCCCCCCCCCCOCC(COP(=O)([O-])OCC[N+](C)(C)C)OC(=O)CCCCC. The second-order valence-corrected chi connectivity index (χ2v) is 14.6. The number of nitrogens with zero attached hydrogens (tertiary/aromatic N) is 1. The Balaban J connectivity index is 3.96. The summed E-state index contributed by atoms with van der Waals surface area (Å²) in [5.41, 5.74) is 0. The van der Waals surface area contributed by atoms with Gasteiger partial charge in [0.1, 0.15) is 19.3 Å². The van der Waals surface area contributed by atoms with Gasteiger partial charge in [0.2, 0.25) is 0 Å². The second-order valence-electron chi connectivity index (χ2n) is 13.2. The van der Waals surface area contributed by atoms with Gasteiger partial charge in [0.15, 0.2) is 0 Å². The van der Waals surface area contributed by atoms with Crippen LogP contribution in [0.3, 0.4) is 0 Å². The van der Waals surface area contributed by atoms with Crippen molar-refractivity contribution in [1.82, 2.24) is 0 Å². The van der Waals surface area contributed by atoms with Gasteiger partial charge in [-0.3, -0.25) is 9.36 Å². The summed E-state index contributed by atoms with van der Waals surface area (Å²) in [6, 6.07) is 0. The van der Waals surface area contributed by atoms with Crippen molar-refractivity contribution in [3.8, 4) is 0 Å². The third kappa shape index (κ3) is 34.1. The minimum atomic E-state index is -4.50. The number of quaternary nitrogens is 1. The molecule has 266 valence electrons. The number of phosphoric ester groups is 1. The first kappa shape index (κ1) is 44.0. The lowest BCUT2D eigenvalue weighted by Crippen LogP contribution is -2.37. The second kappa shape index (κ2) is 30.3. The molecule has 0 fully saturated rings. The van der Waals surface area contributed by atoms with E-state index in [9.17, 15) is 14.3 Å². The number of likely N-dealkylation sites (N-methyl/N-ethyl adjacent to an activating group) is 1. The molecular weight excluding hydrogens is 589 g/mol. The molecule has 0 saturated heterocycles. The quantitative estimate of drug-likeness (QED) is 0.0228. The zero-order valence-electron chi connectivity index (χ0n) is 29.8. The Morgan fingerprint density at radius 3 is 1.80 bits per heavy atom. The van der Waals surface area contributed by atoms with Crippen molar-refractivity contribution in [1.29, 1.82) is 0 Å². The van der Waals surface area contributed by atoms with Crippen LogP contribution in [0.2, 0.25) is 0 Å². The van der Waals surface area contributed by atoms with Crippen LogP contribution in [0.5, 0.6) is 0 Å². The minimum Gasteiger partial charge on any atom is -0.756 e. The molecule has 0 spiro atoms. The number of esters is 1. The van der Waals surface area contributed by atoms with Gasteiger partial charge in [-0.05, 0) is 44.9 Å². The number of ether oxygens (including phenoxy) is 2. The Hall–Kier alpha value is -1.02. The number of phosphoric acid groups is 1. The first-order chi connectivity index (χ1) is 21.6. The van der Waals surface area contributed by atoms with Crippen LogP contribution in [0.4, 0.5) is 0 Å². The fraction of sp³-hybridized carbons (Fsp3) is 0.861. The molecule has 0 aromatic carbocycles. The maximum atomic E-state index is 12.2. The lowest BCUT2D eigenvalue weighted by atomic mass is 10.1. The molecule has 0 radical (unpaired) electrons. The van der Waals surface area contributed by atoms with Crippen LogP contribution in [0, 0.1) is 0 Å². The van der Waals surface area contributed by atoms with Gasteiger partial charge in [-0.15, -0.1) is 0 Å². The van der Waals surface area contributed by atoms with E-state index in [1.807, 2.05) is 21.1 Å². The monoisotopic (exact) mass is 659 g/mol. The van der Waals surface area contributed by atoms with Crippen molar-refractivity contribution in [3.05, 3.63) is 24.3 Å². The van der Waals surface area contributed by atoms with Gasteiger partial charge in [0.05, 0.1) is 34.4 Å². The highest BCUT2D eigenvalue weighted by Crippen LogP contribution is 2.38. The average molecular weight is 660 g/mol. The Labute approximate surface area is 277 Å². The standard InChI is InChI=1S/C36H70NO7P/c1-6-8-10-11-12-13-14-15-16-17-18-19-20-21-22-23-24-25-26-28-31-41-33-35(44-36(38)29-27-9-7-2)34-43-45(39,40)42-32-30-37(3,4)5/h12-13,15-16,35H,6-11,14,17-34H2,1-5H3/b13-12-,16-15-. The topological polar surface area (TPSA) is 94.1 Å². The van der Waals surface area contributed by atoms with Crippen molar-refractivity contribution < 1.29 is 37.3 Å². The lowest BCUT2D eigenvalue weighted by Gasteiger charge is -2.28. The van der Waals surface area contributed by atoms with Crippen LogP contribution < -0.4 is 4.89 Å². The summed E-state index contributed by atoms with van der Waals surface area (Å²) >= 11 is 0. The van der Waals surface area contributed by atoms with E-state index < -0.39 is 13.9 Å². The van der Waals surface area contributed by atoms with E-state index in [1.165, 1.54) is 83.5 Å². The molecule has 0 aromatic rings. The molecule has 0 aliphatic carbocycles. The van der Waals surface area contributed by atoms with Gasteiger partial charge >= 0.3 is 5.97 Å². The smallest absolute Gasteiger partial charge is 0.306 e. The molecule has 0 N–H and O–H groups in total. The Bertz CT molecular complexity index is 782. The van der Waals surface area contributed by atoms with Gasteiger partial charge in [0, 0.05) is 13.0 Å². The summed E-state index contributed by atoms with van der Waals surface area (Å²) in [6.45, 7) is 5.20. The number of hydrogen-bond acceptors (Lipinski definition) is 7. The van der Waals surface area contributed by atoms with Crippen LogP contribution in [0.1, 0.15) is 142 Å². The summed E-state index contributed by atoms with van der Waals surface area (Å²) in [6.07, 6.45) is 31.2. The molecule has 9 heteroatoms. The molecule has 0 saturated carbocycles. The maximum Gasteiger partial charge on any atom is 0.306 e. The molecule has 45 heavy (non-hydrogen) atoms.